The molecule has 0 saturated carbocycles. The predicted octanol–water partition coefficient (Wildman–Crippen LogP) is 2.87. The lowest BCUT2D eigenvalue weighted by Gasteiger charge is -2.38. The maximum Gasteiger partial charge on any atom is 0.140 e. The molecule has 0 radical (unpaired) electrons. The first-order valence-electron chi connectivity index (χ1n) is 5.66. The minimum Gasteiger partial charge on any atom is -0.481 e. The van der Waals surface area contributed by atoms with Crippen molar-refractivity contribution in [2.45, 2.75) is 18.4 Å². The summed E-state index contributed by atoms with van der Waals surface area (Å²) < 4.78 is 6.11. The molecular weight excluding hydrogens is 222 g/mol. The van der Waals surface area contributed by atoms with Gasteiger partial charge in [-0.05, 0) is 43.7 Å². The number of benzene rings is 1. The van der Waals surface area contributed by atoms with Crippen molar-refractivity contribution in [2.24, 2.45) is 0 Å². The van der Waals surface area contributed by atoms with Crippen molar-refractivity contribution in [1.82, 2.24) is 5.32 Å². The fraction of sp³-hybridized carbons (Fsp3) is 0.385. The Kier molecular flexibility index (Phi) is 2.41. The monoisotopic (exact) mass is 235 g/mol. The summed E-state index contributed by atoms with van der Waals surface area (Å²) >= 11 is 5.98. The third-order valence-corrected chi connectivity index (χ3v) is 3.47. The van der Waals surface area contributed by atoms with Crippen LogP contribution in [-0.4, -0.2) is 18.7 Å². The van der Waals surface area contributed by atoms with Gasteiger partial charge in [0.15, 0.2) is 0 Å². The highest BCUT2D eigenvalue weighted by atomic mass is 35.5. The van der Waals surface area contributed by atoms with Crippen LogP contribution in [-0.2, 0) is 0 Å². The molecule has 1 unspecified atom stereocenters. The highest BCUT2D eigenvalue weighted by Crippen LogP contribution is 2.35. The number of ether oxygens (including phenoxy) is 1. The van der Waals surface area contributed by atoms with Gasteiger partial charge in [0.05, 0.1) is 0 Å². The van der Waals surface area contributed by atoms with Gasteiger partial charge >= 0.3 is 0 Å². The van der Waals surface area contributed by atoms with Gasteiger partial charge in [0, 0.05) is 17.1 Å². The average Bonchev–Trinajstić information content (AvgIpc) is 2.29. The van der Waals surface area contributed by atoms with E-state index in [1.165, 1.54) is 0 Å². The zero-order valence-electron chi connectivity index (χ0n) is 9.00. The van der Waals surface area contributed by atoms with E-state index in [4.69, 9.17) is 16.3 Å². The van der Waals surface area contributed by atoms with Crippen molar-refractivity contribution in [3.8, 4) is 5.75 Å². The molecule has 2 nitrogen and oxygen atoms in total. The molecule has 1 spiro atoms. The van der Waals surface area contributed by atoms with E-state index in [-0.39, 0.29) is 5.60 Å². The molecule has 0 bridgehead atoms. The Labute approximate surface area is 100 Å². The van der Waals surface area contributed by atoms with E-state index < -0.39 is 0 Å². The smallest absolute Gasteiger partial charge is 0.140 e. The number of hydrogen-bond acceptors (Lipinski definition) is 2. The molecule has 1 aromatic rings. The molecule has 1 atom stereocenters. The first kappa shape index (κ1) is 10.2. The minimum atomic E-state index is -0.157. The molecule has 16 heavy (non-hydrogen) atoms. The Balaban J connectivity index is 1.95. The molecule has 84 valence electrons. The molecule has 3 heteroatoms. The van der Waals surface area contributed by atoms with Gasteiger partial charge in [-0.3, -0.25) is 0 Å². The molecule has 1 saturated heterocycles. The standard InChI is InChI=1S/C13H14ClNO/c14-11-3-2-10-4-6-13(16-12(10)8-11)5-1-7-15-9-13/h2-4,6,8,15H,1,5,7,9H2. The second-order valence-electron chi connectivity index (χ2n) is 4.46. The minimum absolute atomic E-state index is 0.157. The molecule has 0 amide bonds. The summed E-state index contributed by atoms with van der Waals surface area (Å²) in [5.41, 5.74) is 0.955. The largest absolute Gasteiger partial charge is 0.481 e. The summed E-state index contributed by atoms with van der Waals surface area (Å²) in [6, 6.07) is 5.79. The van der Waals surface area contributed by atoms with Crippen molar-refractivity contribution in [1.29, 1.82) is 0 Å². The van der Waals surface area contributed by atoms with Gasteiger partial charge in [-0.25, -0.2) is 0 Å². The molecule has 2 aliphatic heterocycles. The van der Waals surface area contributed by atoms with Crippen LogP contribution in [0.25, 0.3) is 6.08 Å². The predicted molar refractivity (Wildman–Crippen MR) is 65.9 cm³/mol. The van der Waals surface area contributed by atoms with Gasteiger partial charge in [0.25, 0.3) is 0 Å². The van der Waals surface area contributed by atoms with E-state index in [1.54, 1.807) is 0 Å². The second kappa shape index (κ2) is 3.79. The van der Waals surface area contributed by atoms with Gasteiger partial charge in [-0.2, -0.15) is 0 Å². The Hall–Kier alpha value is -0.990. The number of fused-ring (bicyclic) bond motifs is 1. The lowest BCUT2D eigenvalue weighted by atomic mass is 9.90. The zero-order valence-corrected chi connectivity index (χ0v) is 9.76. The third kappa shape index (κ3) is 1.72. The molecule has 2 aliphatic rings. The Bertz CT molecular complexity index is 436. The van der Waals surface area contributed by atoms with Gasteiger partial charge in [0.1, 0.15) is 11.4 Å². The molecular formula is C13H14ClNO. The normalized spacial score (nSPS) is 27.6. The first-order chi connectivity index (χ1) is 7.77. The molecule has 0 aromatic heterocycles. The molecule has 1 N–H and O–H groups in total. The molecule has 1 aromatic carbocycles. The summed E-state index contributed by atoms with van der Waals surface area (Å²) in [7, 11) is 0. The second-order valence-corrected chi connectivity index (χ2v) is 4.90. The quantitative estimate of drug-likeness (QED) is 0.747. The van der Waals surface area contributed by atoms with E-state index in [0.717, 1.165) is 42.3 Å². The van der Waals surface area contributed by atoms with E-state index in [1.807, 2.05) is 18.2 Å². The highest BCUT2D eigenvalue weighted by molar-refractivity contribution is 6.30. The summed E-state index contributed by atoms with van der Waals surface area (Å²) in [5.74, 6) is 0.902. The molecule has 0 aliphatic carbocycles. The number of halogens is 1. The highest BCUT2D eigenvalue weighted by Gasteiger charge is 2.34. The van der Waals surface area contributed by atoms with Crippen LogP contribution in [0.2, 0.25) is 5.02 Å². The van der Waals surface area contributed by atoms with Crippen LogP contribution in [0.1, 0.15) is 18.4 Å². The topological polar surface area (TPSA) is 21.3 Å². The van der Waals surface area contributed by atoms with Crippen LogP contribution in [0.4, 0.5) is 0 Å². The summed E-state index contributed by atoms with van der Waals surface area (Å²) in [6.07, 6.45) is 6.54. The summed E-state index contributed by atoms with van der Waals surface area (Å²) in [5, 5.41) is 4.11. The van der Waals surface area contributed by atoms with Crippen LogP contribution >= 0.6 is 11.6 Å². The SMILES string of the molecule is Clc1ccc2c(c1)OC1(C=C2)CCCNC1. The lowest BCUT2D eigenvalue weighted by molar-refractivity contribution is 0.0879. The average molecular weight is 236 g/mol. The maximum absolute atomic E-state index is 6.11. The fourth-order valence-electron chi connectivity index (χ4n) is 2.36. The first-order valence-corrected chi connectivity index (χ1v) is 6.04. The van der Waals surface area contributed by atoms with Gasteiger partial charge < -0.3 is 10.1 Å². The van der Waals surface area contributed by atoms with Crippen LogP contribution in [0.15, 0.2) is 24.3 Å². The van der Waals surface area contributed by atoms with E-state index >= 15 is 0 Å². The zero-order chi connectivity index (χ0) is 11.0. The number of piperidine rings is 1. The number of rotatable bonds is 0. The molecule has 3 rings (SSSR count). The van der Waals surface area contributed by atoms with Crippen molar-refractivity contribution in [3.05, 3.63) is 34.9 Å². The van der Waals surface area contributed by atoms with Crippen molar-refractivity contribution in [2.75, 3.05) is 13.1 Å². The summed E-state index contributed by atoms with van der Waals surface area (Å²) in [4.78, 5) is 0. The van der Waals surface area contributed by atoms with Gasteiger partial charge in [-0.15, -0.1) is 0 Å². The number of nitrogens with one attached hydrogen (secondary N) is 1. The number of hydrogen-bond donors (Lipinski definition) is 1. The van der Waals surface area contributed by atoms with E-state index in [0.29, 0.717) is 0 Å². The Morgan fingerprint density at radius 2 is 2.31 bits per heavy atom. The van der Waals surface area contributed by atoms with Crippen LogP contribution < -0.4 is 10.1 Å². The molecule has 1 fully saturated rings. The van der Waals surface area contributed by atoms with Crippen molar-refractivity contribution >= 4 is 17.7 Å². The Morgan fingerprint density at radius 3 is 3.12 bits per heavy atom. The Morgan fingerprint density at radius 1 is 1.38 bits per heavy atom. The van der Waals surface area contributed by atoms with Crippen LogP contribution in [0.5, 0.6) is 5.75 Å². The fourth-order valence-corrected chi connectivity index (χ4v) is 2.52. The van der Waals surface area contributed by atoms with Crippen molar-refractivity contribution < 1.29 is 4.74 Å². The van der Waals surface area contributed by atoms with E-state index in [2.05, 4.69) is 17.5 Å². The molecule has 2 heterocycles. The maximum atomic E-state index is 6.11. The van der Waals surface area contributed by atoms with Gasteiger partial charge in [0.2, 0.25) is 0 Å². The van der Waals surface area contributed by atoms with Crippen molar-refractivity contribution in [3.63, 3.8) is 0 Å². The van der Waals surface area contributed by atoms with E-state index in [9.17, 15) is 0 Å². The van der Waals surface area contributed by atoms with Crippen LogP contribution in [0, 0.1) is 0 Å². The van der Waals surface area contributed by atoms with Gasteiger partial charge in [-0.1, -0.05) is 17.7 Å². The van der Waals surface area contributed by atoms with Crippen LogP contribution in [0.3, 0.4) is 0 Å². The summed E-state index contributed by atoms with van der Waals surface area (Å²) in [6.45, 7) is 1.97. The third-order valence-electron chi connectivity index (χ3n) is 3.23. The lowest BCUT2D eigenvalue weighted by Crippen LogP contribution is -2.49.